The van der Waals surface area contributed by atoms with Gasteiger partial charge < -0.3 is 15.7 Å². The number of amides is 2. The zero-order valence-electron chi connectivity index (χ0n) is 14.8. The largest absolute Gasteiger partial charge is 0.480 e. The van der Waals surface area contributed by atoms with Crippen molar-refractivity contribution in [1.29, 1.82) is 0 Å². The third-order valence-electron chi connectivity index (χ3n) is 4.13. The van der Waals surface area contributed by atoms with Crippen LogP contribution < -0.4 is 10.6 Å². The zero-order valence-corrected chi connectivity index (χ0v) is 14.8. The van der Waals surface area contributed by atoms with Crippen LogP contribution in [-0.4, -0.2) is 35.5 Å². The molecular weight excluding hydrogens is 332 g/mol. The highest BCUT2D eigenvalue weighted by atomic mass is 16.4. The maximum atomic E-state index is 12.1. The molecule has 0 bridgehead atoms. The summed E-state index contributed by atoms with van der Waals surface area (Å²) in [5, 5.41) is 14.4. The van der Waals surface area contributed by atoms with Gasteiger partial charge in [-0.1, -0.05) is 36.4 Å². The molecule has 2 aromatic rings. The molecule has 2 rings (SSSR count). The second kappa shape index (κ2) is 8.80. The number of hydrogen-bond donors (Lipinski definition) is 3. The van der Waals surface area contributed by atoms with E-state index in [0.29, 0.717) is 5.56 Å². The van der Waals surface area contributed by atoms with Gasteiger partial charge in [-0.05, 0) is 42.7 Å². The van der Waals surface area contributed by atoms with Crippen molar-refractivity contribution in [2.75, 3.05) is 6.54 Å². The summed E-state index contributed by atoms with van der Waals surface area (Å²) in [5.74, 6) is -2.05. The molecule has 1 atom stereocenters. The minimum absolute atomic E-state index is 0.187. The fourth-order valence-electron chi connectivity index (χ4n) is 2.67. The van der Waals surface area contributed by atoms with Gasteiger partial charge in [0.1, 0.15) is 6.04 Å². The van der Waals surface area contributed by atoms with Crippen LogP contribution in [0.1, 0.15) is 27.0 Å². The summed E-state index contributed by atoms with van der Waals surface area (Å²) in [7, 11) is 0. The molecule has 0 saturated carbocycles. The molecule has 0 radical (unpaired) electrons. The lowest BCUT2D eigenvalue weighted by molar-refractivity contribution is -0.141. The van der Waals surface area contributed by atoms with Crippen molar-refractivity contribution >= 4 is 17.8 Å². The van der Waals surface area contributed by atoms with Crippen LogP contribution in [0.15, 0.2) is 48.5 Å². The summed E-state index contributed by atoms with van der Waals surface area (Å²) >= 11 is 0. The number of carboxylic acid groups (broad SMARTS) is 1. The summed E-state index contributed by atoms with van der Waals surface area (Å²) in [4.78, 5) is 35.5. The average molecular weight is 354 g/mol. The monoisotopic (exact) mass is 354 g/mol. The number of carbonyl (C=O) groups excluding carboxylic acids is 2. The van der Waals surface area contributed by atoms with E-state index >= 15 is 0 Å². The summed E-state index contributed by atoms with van der Waals surface area (Å²) in [5.41, 5.74) is 3.28. The van der Waals surface area contributed by atoms with Gasteiger partial charge in [-0.3, -0.25) is 9.59 Å². The molecule has 0 heterocycles. The molecule has 0 unspecified atom stereocenters. The Morgan fingerprint density at radius 1 is 0.962 bits per heavy atom. The molecule has 3 N–H and O–H groups in total. The lowest BCUT2D eigenvalue weighted by Crippen LogP contribution is -2.46. The van der Waals surface area contributed by atoms with Gasteiger partial charge in [0, 0.05) is 12.0 Å². The van der Waals surface area contributed by atoms with Crippen LogP contribution in [0.25, 0.3) is 0 Å². The fraction of sp³-hybridized carbons (Fsp3) is 0.250. The highest BCUT2D eigenvalue weighted by Crippen LogP contribution is 2.15. The first-order chi connectivity index (χ1) is 12.4. The Kier molecular flexibility index (Phi) is 6.49. The van der Waals surface area contributed by atoms with Gasteiger partial charge in [-0.15, -0.1) is 0 Å². The normalized spacial score (nSPS) is 11.5. The number of carbonyl (C=O) groups is 3. The minimum Gasteiger partial charge on any atom is -0.480 e. The number of hydrogen-bond acceptors (Lipinski definition) is 3. The Hall–Kier alpha value is -3.15. The Morgan fingerprint density at radius 2 is 1.58 bits per heavy atom. The first kappa shape index (κ1) is 19.2. The van der Waals surface area contributed by atoms with E-state index in [0.717, 1.165) is 16.7 Å². The van der Waals surface area contributed by atoms with Gasteiger partial charge in [0.05, 0.1) is 6.54 Å². The molecule has 2 aromatic carbocycles. The van der Waals surface area contributed by atoms with Crippen LogP contribution in [0.2, 0.25) is 0 Å². The van der Waals surface area contributed by atoms with E-state index < -0.39 is 17.9 Å². The number of aryl methyl sites for hydroxylation is 2. The van der Waals surface area contributed by atoms with Gasteiger partial charge >= 0.3 is 5.97 Å². The highest BCUT2D eigenvalue weighted by molar-refractivity contribution is 5.96. The second-order valence-electron chi connectivity index (χ2n) is 6.08. The van der Waals surface area contributed by atoms with Crippen molar-refractivity contribution in [2.24, 2.45) is 0 Å². The van der Waals surface area contributed by atoms with E-state index in [9.17, 15) is 19.5 Å². The average Bonchev–Trinajstić information content (AvgIpc) is 2.62. The van der Waals surface area contributed by atoms with Gasteiger partial charge in [-0.2, -0.15) is 0 Å². The Morgan fingerprint density at radius 3 is 2.15 bits per heavy atom. The van der Waals surface area contributed by atoms with E-state index in [1.165, 1.54) is 0 Å². The number of carboxylic acids is 1. The van der Waals surface area contributed by atoms with Crippen molar-refractivity contribution in [1.82, 2.24) is 10.6 Å². The third-order valence-corrected chi connectivity index (χ3v) is 4.13. The predicted molar refractivity (Wildman–Crippen MR) is 98.0 cm³/mol. The van der Waals surface area contributed by atoms with E-state index in [-0.39, 0.29) is 18.9 Å². The Labute approximate surface area is 152 Å². The number of aliphatic carboxylic acids is 1. The van der Waals surface area contributed by atoms with Crippen molar-refractivity contribution in [2.45, 2.75) is 26.3 Å². The molecule has 0 saturated heterocycles. The van der Waals surface area contributed by atoms with E-state index in [1.807, 2.05) is 32.0 Å². The lowest BCUT2D eigenvalue weighted by atomic mass is 9.96. The quantitative estimate of drug-likeness (QED) is 0.707. The van der Waals surface area contributed by atoms with Crippen molar-refractivity contribution in [3.63, 3.8) is 0 Å². The van der Waals surface area contributed by atoms with Crippen LogP contribution in [0, 0.1) is 13.8 Å². The molecule has 0 aromatic heterocycles. The van der Waals surface area contributed by atoms with Gasteiger partial charge in [0.2, 0.25) is 5.91 Å². The topological polar surface area (TPSA) is 95.5 Å². The molecule has 0 fully saturated rings. The van der Waals surface area contributed by atoms with Crippen LogP contribution in [0.5, 0.6) is 0 Å². The van der Waals surface area contributed by atoms with Crippen molar-refractivity contribution in [3.05, 3.63) is 70.8 Å². The smallest absolute Gasteiger partial charge is 0.326 e. The van der Waals surface area contributed by atoms with Crippen molar-refractivity contribution < 1.29 is 19.5 Å². The molecule has 0 aliphatic carbocycles. The molecule has 2 amide bonds. The third kappa shape index (κ3) is 5.17. The van der Waals surface area contributed by atoms with Crippen LogP contribution in [0.3, 0.4) is 0 Å². The Bertz CT molecular complexity index is 782. The van der Waals surface area contributed by atoms with Gasteiger partial charge in [0.15, 0.2) is 0 Å². The SMILES string of the molecule is Cc1cccc(C)c1C[C@@H](NC(=O)CNC(=O)c1ccccc1)C(=O)O. The molecule has 26 heavy (non-hydrogen) atoms. The number of rotatable bonds is 7. The van der Waals surface area contributed by atoms with Crippen LogP contribution in [-0.2, 0) is 16.0 Å². The molecular formula is C20H22N2O4. The van der Waals surface area contributed by atoms with E-state index in [1.54, 1.807) is 30.3 Å². The summed E-state index contributed by atoms with van der Waals surface area (Å²) in [6.07, 6.45) is 0.187. The van der Waals surface area contributed by atoms with Crippen LogP contribution in [0.4, 0.5) is 0 Å². The van der Waals surface area contributed by atoms with E-state index in [2.05, 4.69) is 10.6 Å². The maximum Gasteiger partial charge on any atom is 0.326 e. The second-order valence-corrected chi connectivity index (χ2v) is 6.08. The highest BCUT2D eigenvalue weighted by Gasteiger charge is 2.22. The molecule has 0 spiro atoms. The van der Waals surface area contributed by atoms with Crippen molar-refractivity contribution in [3.8, 4) is 0 Å². The fourth-order valence-corrected chi connectivity index (χ4v) is 2.67. The van der Waals surface area contributed by atoms with Gasteiger partial charge in [0.25, 0.3) is 5.91 Å². The zero-order chi connectivity index (χ0) is 19.1. The van der Waals surface area contributed by atoms with Crippen LogP contribution >= 0.6 is 0 Å². The first-order valence-corrected chi connectivity index (χ1v) is 8.29. The lowest BCUT2D eigenvalue weighted by Gasteiger charge is -2.17. The minimum atomic E-state index is -1.12. The molecule has 0 aliphatic heterocycles. The predicted octanol–water partition coefficient (Wildman–Crippen LogP) is 1.85. The molecule has 6 nitrogen and oxygen atoms in total. The molecule has 0 aliphatic rings. The summed E-state index contributed by atoms with van der Waals surface area (Å²) in [6.45, 7) is 3.52. The molecule has 136 valence electrons. The summed E-state index contributed by atoms with van der Waals surface area (Å²) in [6, 6.07) is 13.2. The summed E-state index contributed by atoms with van der Waals surface area (Å²) < 4.78 is 0. The first-order valence-electron chi connectivity index (χ1n) is 8.29. The van der Waals surface area contributed by atoms with Gasteiger partial charge in [-0.25, -0.2) is 4.79 Å². The standard InChI is InChI=1S/C20H22N2O4/c1-13-7-6-8-14(2)16(13)11-17(20(25)26)22-18(23)12-21-19(24)15-9-4-3-5-10-15/h3-10,17H,11-12H2,1-2H3,(H,21,24)(H,22,23)(H,25,26)/t17-/m1/s1. The maximum absolute atomic E-state index is 12.1. The number of nitrogens with one attached hydrogen (secondary N) is 2. The molecule has 6 heteroatoms. The van der Waals surface area contributed by atoms with E-state index in [4.69, 9.17) is 0 Å². The number of benzene rings is 2. The Balaban J connectivity index is 1.96.